The molecule has 0 atom stereocenters. The number of ether oxygens (including phenoxy) is 4. The minimum atomic E-state index is -1.09. The van der Waals surface area contributed by atoms with Gasteiger partial charge in [0, 0.05) is 64.2 Å². The van der Waals surface area contributed by atoms with Crippen molar-refractivity contribution in [3.05, 3.63) is 0 Å². The van der Waals surface area contributed by atoms with Crippen molar-refractivity contribution in [3.8, 4) is 0 Å². The smallest absolute Gasteiger partial charge is 0.362 e. The average Bonchev–Trinajstić information content (AvgIpc) is 2.79. The lowest BCUT2D eigenvalue weighted by molar-refractivity contribution is -0.252. The zero-order valence-corrected chi connectivity index (χ0v) is 19.9. The Bertz CT molecular complexity index is 506. The highest BCUT2D eigenvalue weighted by Gasteiger charge is 2.38. The van der Waals surface area contributed by atoms with E-state index in [1.54, 1.807) is 0 Å². The molecule has 2 rings (SSSR count). The van der Waals surface area contributed by atoms with Gasteiger partial charge in [0.05, 0.1) is 0 Å². The van der Waals surface area contributed by atoms with Crippen molar-refractivity contribution in [1.29, 1.82) is 0 Å². The highest BCUT2D eigenvalue weighted by molar-refractivity contribution is 6.29. The van der Waals surface area contributed by atoms with E-state index in [0.717, 1.165) is 0 Å². The van der Waals surface area contributed by atoms with Crippen molar-refractivity contribution in [1.82, 2.24) is 11.0 Å². The molecule has 2 fully saturated rings. The highest BCUT2D eigenvalue weighted by Crippen LogP contribution is 2.34. The van der Waals surface area contributed by atoms with Crippen molar-refractivity contribution >= 4 is 11.9 Å². The van der Waals surface area contributed by atoms with Gasteiger partial charge in [-0.05, 0) is 53.4 Å². The number of nitrogens with one attached hydrogen (secondary N) is 2. The monoisotopic (exact) mass is 460 g/mol. The first-order valence-corrected chi connectivity index (χ1v) is 11.9. The van der Waals surface area contributed by atoms with Gasteiger partial charge in [0.1, 0.15) is 0 Å². The van der Waals surface area contributed by atoms with Crippen LogP contribution in [0.25, 0.3) is 0 Å². The van der Waals surface area contributed by atoms with Crippen LogP contribution in [-0.4, -0.2) is 62.0 Å². The predicted octanol–water partition coefficient (Wildman–Crippen LogP) is 2.51. The lowest BCUT2D eigenvalue weighted by atomic mass is 9.90. The van der Waals surface area contributed by atoms with Crippen molar-refractivity contribution in [2.45, 2.75) is 103 Å². The van der Waals surface area contributed by atoms with Gasteiger partial charge < -0.3 is 28.6 Å². The van der Waals surface area contributed by atoms with Gasteiger partial charge in [-0.3, -0.25) is 0 Å². The molecule has 10 nitrogen and oxygen atoms in total. The largest absolute Gasteiger partial charge is 0.437 e. The second-order valence-corrected chi connectivity index (χ2v) is 8.12. The molecule has 0 aliphatic heterocycles. The SMILES string of the molecule is CCOC1(OCC)CCC(NOC(=O)C(=O)ONC2CCC(OCC)(OCC)CC2)CC1. The van der Waals surface area contributed by atoms with Gasteiger partial charge in [0.15, 0.2) is 11.6 Å². The van der Waals surface area contributed by atoms with E-state index in [0.29, 0.717) is 77.8 Å². The average molecular weight is 461 g/mol. The van der Waals surface area contributed by atoms with Crippen LogP contribution in [0.3, 0.4) is 0 Å². The lowest BCUT2D eigenvalue weighted by Gasteiger charge is -2.39. The van der Waals surface area contributed by atoms with Gasteiger partial charge in [0.25, 0.3) is 0 Å². The van der Waals surface area contributed by atoms with Gasteiger partial charge in [-0.15, -0.1) is 11.0 Å². The summed E-state index contributed by atoms with van der Waals surface area (Å²) in [6.45, 7) is 10.1. The van der Waals surface area contributed by atoms with Crippen LogP contribution in [0.2, 0.25) is 0 Å². The van der Waals surface area contributed by atoms with Gasteiger partial charge >= 0.3 is 11.9 Å². The van der Waals surface area contributed by atoms with E-state index in [1.807, 2.05) is 27.7 Å². The summed E-state index contributed by atoms with van der Waals surface area (Å²) in [6, 6.07) is -0.144. The number of hydrogen-bond acceptors (Lipinski definition) is 10. The van der Waals surface area contributed by atoms with E-state index in [2.05, 4.69) is 11.0 Å². The quantitative estimate of drug-likeness (QED) is 0.256. The molecule has 0 heterocycles. The standard InChI is InChI=1S/C22H40N2O8/c1-5-27-21(28-6-2)13-9-17(10-14-21)23-31-19(25)20(26)32-24-18-11-15-22(16-12-18,29-7-3)30-8-4/h17-18,23-24H,5-16H2,1-4H3. The summed E-state index contributed by atoms with van der Waals surface area (Å²) >= 11 is 0. The molecule has 0 bridgehead atoms. The Morgan fingerprint density at radius 2 is 0.906 bits per heavy atom. The minimum absolute atomic E-state index is 0.0719. The first-order valence-electron chi connectivity index (χ1n) is 11.9. The molecule has 2 N–H and O–H groups in total. The van der Waals surface area contributed by atoms with Crippen LogP contribution in [0.4, 0.5) is 0 Å². The number of hydrogen-bond donors (Lipinski definition) is 2. The maximum atomic E-state index is 12.0. The molecular weight excluding hydrogens is 420 g/mol. The Labute approximate surface area is 190 Å². The normalized spacial score (nSPS) is 21.2. The van der Waals surface area contributed by atoms with Crippen LogP contribution in [0, 0.1) is 0 Å². The maximum absolute atomic E-state index is 12.0. The lowest BCUT2D eigenvalue weighted by Crippen LogP contribution is -2.47. The summed E-state index contributed by atoms with van der Waals surface area (Å²) in [5.74, 6) is -3.32. The van der Waals surface area contributed by atoms with Gasteiger partial charge in [0.2, 0.25) is 0 Å². The summed E-state index contributed by atoms with van der Waals surface area (Å²) in [7, 11) is 0. The molecule has 0 unspecified atom stereocenters. The molecule has 0 spiro atoms. The van der Waals surface area contributed by atoms with Crippen molar-refractivity contribution < 1.29 is 38.2 Å². The molecule has 0 radical (unpaired) electrons. The van der Waals surface area contributed by atoms with Gasteiger partial charge in [-0.2, -0.15) is 0 Å². The molecule has 2 saturated carbocycles. The summed E-state index contributed by atoms with van der Waals surface area (Å²) in [4.78, 5) is 33.8. The van der Waals surface area contributed by atoms with E-state index in [-0.39, 0.29) is 12.1 Å². The molecule has 2 aliphatic carbocycles. The highest BCUT2D eigenvalue weighted by atomic mass is 16.7. The first-order chi connectivity index (χ1) is 15.4. The molecule has 0 saturated heterocycles. The van der Waals surface area contributed by atoms with Crippen LogP contribution < -0.4 is 11.0 Å². The number of rotatable bonds is 12. The summed E-state index contributed by atoms with van der Waals surface area (Å²) in [5.41, 5.74) is 5.36. The van der Waals surface area contributed by atoms with E-state index >= 15 is 0 Å². The van der Waals surface area contributed by atoms with E-state index < -0.39 is 23.5 Å². The molecule has 0 aromatic heterocycles. The fourth-order valence-corrected chi connectivity index (χ4v) is 4.42. The van der Waals surface area contributed by atoms with Crippen LogP contribution in [0.1, 0.15) is 79.1 Å². The second-order valence-electron chi connectivity index (χ2n) is 8.12. The zero-order valence-electron chi connectivity index (χ0n) is 19.9. The Hall–Kier alpha value is -1.30. The molecule has 0 aromatic rings. The van der Waals surface area contributed by atoms with Gasteiger partial charge in [-0.1, -0.05) is 0 Å². The molecule has 0 amide bonds. The van der Waals surface area contributed by atoms with E-state index in [4.69, 9.17) is 28.6 Å². The first kappa shape index (κ1) is 26.9. The second kappa shape index (κ2) is 13.4. The maximum Gasteiger partial charge on any atom is 0.437 e. The molecule has 186 valence electrons. The van der Waals surface area contributed by atoms with Crippen molar-refractivity contribution in [3.63, 3.8) is 0 Å². The topological polar surface area (TPSA) is 114 Å². The van der Waals surface area contributed by atoms with E-state index in [9.17, 15) is 9.59 Å². The van der Waals surface area contributed by atoms with Crippen LogP contribution in [0.5, 0.6) is 0 Å². The Kier molecular flexibility index (Phi) is 11.3. The summed E-state index contributed by atoms with van der Waals surface area (Å²) in [6.07, 6.45) is 5.53. The molecule has 2 aliphatic rings. The zero-order chi connectivity index (χ0) is 23.5. The van der Waals surface area contributed by atoms with Crippen LogP contribution in [-0.2, 0) is 38.2 Å². The van der Waals surface area contributed by atoms with Crippen LogP contribution >= 0.6 is 0 Å². The molecule has 10 heteroatoms. The number of hydroxylamine groups is 2. The predicted molar refractivity (Wildman–Crippen MR) is 115 cm³/mol. The Morgan fingerprint density at radius 3 is 1.16 bits per heavy atom. The minimum Gasteiger partial charge on any atom is -0.362 e. The Balaban J connectivity index is 1.66. The summed E-state index contributed by atoms with van der Waals surface area (Å²) < 4.78 is 23.2. The van der Waals surface area contributed by atoms with Gasteiger partial charge in [-0.25, -0.2) is 9.59 Å². The third-order valence-electron chi connectivity index (χ3n) is 5.93. The number of carbonyl (C=O) groups excluding carboxylic acids is 2. The number of carbonyl (C=O) groups is 2. The fraction of sp³-hybridized carbons (Fsp3) is 0.909. The third kappa shape index (κ3) is 7.93. The molecular formula is C22H40N2O8. The van der Waals surface area contributed by atoms with Crippen molar-refractivity contribution in [2.24, 2.45) is 0 Å². The van der Waals surface area contributed by atoms with Crippen LogP contribution in [0.15, 0.2) is 0 Å². The fourth-order valence-electron chi connectivity index (χ4n) is 4.42. The molecule has 0 aromatic carbocycles. The molecule has 32 heavy (non-hydrogen) atoms. The van der Waals surface area contributed by atoms with Crippen molar-refractivity contribution in [2.75, 3.05) is 26.4 Å². The third-order valence-corrected chi connectivity index (χ3v) is 5.93. The van der Waals surface area contributed by atoms with E-state index in [1.165, 1.54) is 0 Å². The summed E-state index contributed by atoms with van der Waals surface area (Å²) in [5, 5.41) is 0. The Morgan fingerprint density at radius 1 is 0.625 bits per heavy atom.